The van der Waals surface area contributed by atoms with Crippen LogP contribution in [-0.2, 0) is 10.0 Å². The van der Waals surface area contributed by atoms with Crippen molar-refractivity contribution < 1.29 is 13.5 Å². The van der Waals surface area contributed by atoms with Gasteiger partial charge in [-0.1, -0.05) is 0 Å². The molecule has 0 aromatic heterocycles. The lowest BCUT2D eigenvalue weighted by Crippen LogP contribution is -2.42. The highest BCUT2D eigenvalue weighted by Gasteiger charge is 2.33. The fraction of sp³-hybridized carbons (Fsp3) is 1.00. The van der Waals surface area contributed by atoms with Crippen LogP contribution in [0.5, 0.6) is 0 Å². The highest BCUT2D eigenvalue weighted by molar-refractivity contribution is 7.89. The van der Waals surface area contributed by atoms with Gasteiger partial charge in [0.15, 0.2) is 0 Å². The molecule has 1 heterocycles. The molecule has 0 radical (unpaired) electrons. The van der Waals surface area contributed by atoms with E-state index in [2.05, 4.69) is 0 Å². The second-order valence-corrected chi connectivity index (χ2v) is 6.60. The van der Waals surface area contributed by atoms with Gasteiger partial charge in [-0.3, -0.25) is 0 Å². The van der Waals surface area contributed by atoms with Crippen molar-refractivity contribution in [3.05, 3.63) is 0 Å². The summed E-state index contributed by atoms with van der Waals surface area (Å²) in [6, 6.07) is 0.110. The van der Waals surface area contributed by atoms with Crippen LogP contribution in [0.2, 0.25) is 0 Å². The SMILES string of the molecule is CN(C)CC1CCCN1S(=O)(=O)CCCO. The molecule has 96 valence electrons. The van der Waals surface area contributed by atoms with E-state index in [0.29, 0.717) is 13.0 Å². The minimum absolute atomic E-state index is 0.0629. The van der Waals surface area contributed by atoms with E-state index in [1.54, 1.807) is 4.31 Å². The van der Waals surface area contributed by atoms with Crippen LogP contribution in [0.4, 0.5) is 0 Å². The maximum Gasteiger partial charge on any atom is 0.214 e. The van der Waals surface area contributed by atoms with E-state index in [1.165, 1.54) is 0 Å². The number of hydrogen-bond acceptors (Lipinski definition) is 4. The van der Waals surface area contributed by atoms with E-state index in [0.717, 1.165) is 19.4 Å². The lowest BCUT2D eigenvalue weighted by molar-refractivity contribution is 0.283. The van der Waals surface area contributed by atoms with Crippen LogP contribution in [0.25, 0.3) is 0 Å². The summed E-state index contributed by atoms with van der Waals surface area (Å²) in [4.78, 5) is 2.02. The van der Waals surface area contributed by atoms with Crippen LogP contribution in [-0.4, -0.2) is 68.3 Å². The first-order chi connectivity index (χ1) is 7.47. The van der Waals surface area contributed by atoms with E-state index in [-0.39, 0.29) is 18.4 Å². The van der Waals surface area contributed by atoms with Gasteiger partial charge in [-0.15, -0.1) is 0 Å². The molecule has 0 aromatic rings. The van der Waals surface area contributed by atoms with E-state index in [4.69, 9.17) is 5.11 Å². The molecule has 1 N–H and O–H groups in total. The molecule has 0 amide bonds. The van der Waals surface area contributed by atoms with Crippen molar-refractivity contribution >= 4 is 10.0 Å². The van der Waals surface area contributed by atoms with Gasteiger partial charge in [0.1, 0.15) is 0 Å². The number of rotatable bonds is 6. The molecule has 1 aliphatic heterocycles. The third-order valence-electron chi connectivity index (χ3n) is 2.82. The number of aliphatic hydroxyl groups excluding tert-OH is 1. The number of aliphatic hydroxyl groups is 1. The predicted octanol–water partition coefficient (Wildman–Crippen LogP) is -0.275. The van der Waals surface area contributed by atoms with Crippen molar-refractivity contribution in [2.45, 2.75) is 25.3 Å². The first kappa shape index (κ1) is 13.9. The Balaban J connectivity index is 2.63. The van der Waals surface area contributed by atoms with Gasteiger partial charge in [-0.2, -0.15) is 4.31 Å². The van der Waals surface area contributed by atoms with Crippen LogP contribution in [0, 0.1) is 0 Å². The van der Waals surface area contributed by atoms with E-state index < -0.39 is 10.0 Å². The van der Waals surface area contributed by atoms with Crippen molar-refractivity contribution in [3.63, 3.8) is 0 Å². The lowest BCUT2D eigenvalue weighted by Gasteiger charge is -2.26. The molecule has 0 saturated carbocycles. The maximum atomic E-state index is 12.0. The van der Waals surface area contributed by atoms with Gasteiger partial charge in [-0.05, 0) is 33.4 Å². The van der Waals surface area contributed by atoms with Gasteiger partial charge in [0.25, 0.3) is 0 Å². The Morgan fingerprint density at radius 3 is 2.69 bits per heavy atom. The number of hydrogen-bond donors (Lipinski definition) is 1. The second kappa shape index (κ2) is 5.95. The highest BCUT2D eigenvalue weighted by atomic mass is 32.2. The van der Waals surface area contributed by atoms with Crippen molar-refractivity contribution in [2.75, 3.05) is 39.5 Å². The Hall–Kier alpha value is -0.170. The molecule has 0 aromatic carbocycles. The Morgan fingerprint density at radius 2 is 2.12 bits per heavy atom. The molecule has 0 aliphatic carbocycles. The van der Waals surface area contributed by atoms with Gasteiger partial charge in [-0.25, -0.2) is 8.42 Å². The molecule has 1 unspecified atom stereocenters. The van der Waals surface area contributed by atoms with E-state index in [1.807, 2.05) is 19.0 Å². The zero-order valence-electron chi connectivity index (χ0n) is 10.1. The average Bonchev–Trinajstić information content (AvgIpc) is 2.62. The summed E-state index contributed by atoms with van der Waals surface area (Å²) in [5.41, 5.74) is 0. The first-order valence-corrected chi connectivity index (χ1v) is 7.33. The number of likely N-dealkylation sites (N-methyl/N-ethyl adjacent to an activating group) is 1. The molecule has 0 bridgehead atoms. The molecule has 16 heavy (non-hydrogen) atoms. The van der Waals surface area contributed by atoms with Crippen molar-refractivity contribution in [1.29, 1.82) is 0 Å². The van der Waals surface area contributed by atoms with Crippen molar-refractivity contribution in [1.82, 2.24) is 9.21 Å². The molecular weight excluding hydrogens is 228 g/mol. The summed E-state index contributed by atoms with van der Waals surface area (Å²) in [5.74, 6) is 0.0629. The highest BCUT2D eigenvalue weighted by Crippen LogP contribution is 2.22. The normalized spacial score (nSPS) is 23.1. The Bertz CT molecular complexity index is 303. The number of sulfonamides is 1. The predicted molar refractivity (Wildman–Crippen MR) is 63.8 cm³/mol. The molecule has 0 spiro atoms. The van der Waals surface area contributed by atoms with Gasteiger partial charge >= 0.3 is 0 Å². The van der Waals surface area contributed by atoms with E-state index >= 15 is 0 Å². The third kappa shape index (κ3) is 3.69. The molecule has 6 heteroatoms. The van der Waals surface area contributed by atoms with Crippen molar-refractivity contribution in [3.8, 4) is 0 Å². The quantitative estimate of drug-likeness (QED) is 0.704. The third-order valence-corrected chi connectivity index (χ3v) is 4.82. The van der Waals surface area contributed by atoms with Crippen molar-refractivity contribution in [2.24, 2.45) is 0 Å². The fourth-order valence-electron chi connectivity index (χ4n) is 2.14. The Kier molecular flexibility index (Phi) is 5.17. The van der Waals surface area contributed by atoms with Gasteiger partial charge in [0, 0.05) is 25.7 Å². The molecule has 1 aliphatic rings. The van der Waals surface area contributed by atoms with Crippen LogP contribution < -0.4 is 0 Å². The fourth-order valence-corrected chi connectivity index (χ4v) is 3.91. The standard InChI is InChI=1S/C10H22N2O3S/c1-11(2)9-10-5-3-6-12(10)16(14,15)8-4-7-13/h10,13H,3-9H2,1-2H3. The van der Waals surface area contributed by atoms with Gasteiger partial charge in [0.05, 0.1) is 5.75 Å². The molecule has 1 fully saturated rings. The zero-order valence-corrected chi connectivity index (χ0v) is 10.9. The van der Waals surface area contributed by atoms with Crippen LogP contribution in [0.3, 0.4) is 0 Å². The molecule has 1 rings (SSSR count). The minimum Gasteiger partial charge on any atom is -0.396 e. The summed E-state index contributed by atoms with van der Waals surface area (Å²) < 4.78 is 25.6. The summed E-state index contributed by atoms with van der Waals surface area (Å²) >= 11 is 0. The second-order valence-electron chi connectivity index (χ2n) is 4.56. The summed E-state index contributed by atoms with van der Waals surface area (Å²) in [6.07, 6.45) is 2.21. The monoisotopic (exact) mass is 250 g/mol. The Labute approximate surface area is 98.1 Å². The molecule has 5 nitrogen and oxygen atoms in total. The van der Waals surface area contributed by atoms with E-state index in [9.17, 15) is 8.42 Å². The molecule has 1 atom stereocenters. The summed E-state index contributed by atoms with van der Waals surface area (Å²) in [7, 11) is 0.740. The maximum absolute atomic E-state index is 12.0. The first-order valence-electron chi connectivity index (χ1n) is 5.72. The summed E-state index contributed by atoms with van der Waals surface area (Å²) in [6.45, 7) is 1.34. The smallest absolute Gasteiger partial charge is 0.214 e. The molecular formula is C10H22N2O3S. The van der Waals surface area contributed by atoms with Gasteiger partial charge in [0.2, 0.25) is 10.0 Å². The minimum atomic E-state index is -3.17. The van der Waals surface area contributed by atoms with Crippen LogP contribution in [0.15, 0.2) is 0 Å². The topological polar surface area (TPSA) is 60.9 Å². The summed E-state index contributed by atoms with van der Waals surface area (Å²) in [5, 5.41) is 8.69. The van der Waals surface area contributed by atoms with Crippen LogP contribution >= 0.6 is 0 Å². The number of nitrogens with zero attached hydrogens (tertiary/aromatic N) is 2. The zero-order chi connectivity index (χ0) is 12.2. The largest absolute Gasteiger partial charge is 0.396 e. The lowest BCUT2D eigenvalue weighted by atomic mass is 10.2. The average molecular weight is 250 g/mol. The Morgan fingerprint density at radius 1 is 1.44 bits per heavy atom. The molecule has 1 saturated heterocycles. The van der Waals surface area contributed by atoms with Crippen LogP contribution in [0.1, 0.15) is 19.3 Å². The van der Waals surface area contributed by atoms with Gasteiger partial charge < -0.3 is 10.0 Å².